The lowest BCUT2D eigenvalue weighted by atomic mass is 10.2. The van der Waals surface area contributed by atoms with Gasteiger partial charge in [-0.25, -0.2) is 0 Å². The summed E-state index contributed by atoms with van der Waals surface area (Å²) in [6.07, 6.45) is 3.36. The van der Waals surface area contributed by atoms with Crippen LogP contribution in [0.25, 0.3) is 0 Å². The first kappa shape index (κ1) is 18.0. The molecule has 2 atom stereocenters. The molecule has 1 amide bonds. The number of aromatic nitrogens is 3. The average Bonchev–Trinajstić information content (AvgIpc) is 3.15. The molecule has 0 N–H and O–H groups in total. The number of thioether (sulfide) groups is 1. The van der Waals surface area contributed by atoms with Gasteiger partial charge in [-0.15, -0.1) is 21.5 Å². The number of carbonyl (C=O) groups is 1. The summed E-state index contributed by atoms with van der Waals surface area (Å²) in [4.78, 5) is 15.8. The van der Waals surface area contributed by atoms with Crippen LogP contribution in [-0.4, -0.2) is 56.6 Å². The predicted octanol–water partition coefficient (Wildman–Crippen LogP) is 2.99. The SMILES string of the molecule is C[C@@H]1CN(C(=O)CSc2nnc(Cc3cccs3)n2C2CC2)C[C@@H](C)O1. The zero-order valence-corrected chi connectivity index (χ0v) is 16.8. The second-order valence-corrected chi connectivity index (χ2v) is 9.08. The van der Waals surface area contributed by atoms with Gasteiger partial charge in [0.1, 0.15) is 5.82 Å². The van der Waals surface area contributed by atoms with Crippen LogP contribution in [0.3, 0.4) is 0 Å². The molecule has 0 aromatic carbocycles. The van der Waals surface area contributed by atoms with E-state index in [1.54, 1.807) is 11.3 Å². The van der Waals surface area contributed by atoms with Crippen molar-refractivity contribution in [3.8, 4) is 0 Å². The maximum absolute atomic E-state index is 12.6. The number of rotatable bonds is 6. The number of amides is 1. The summed E-state index contributed by atoms with van der Waals surface area (Å²) in [7, 11) is 0. The van der Waals surface area contributed by atoms with Gasteiger partial charge in [-0.1, -0.05) is 17.8 Å². The first-order valence-corrected chi connectivity index (χ1v) is 11.0. The quantitative estimate of drug-likeness (QED) is 0.707. The number of hydrogen-bond acceptors (Lipinski definition) is 6. The molecule has 2 aromatic rings. The van der Waals surface area contributed by atoms with Gasteiger partial charge in [-0.3, -0.25) is 4.79 Å². The number of ether oxygens (including phenoxy) is 1. The van der Waals surface area contributed by atoms with Crippen LogP contribution in [0, 0.1) is 0 Å². The highest BCUT2D eigenvalue weighted by Gasteiger charge is 2.31. The molecule has 2 fully saturated rings. The van der Waals surface area contributed by atoms with Gasteiger partial charge in [0, 0.05) is 30.4 Å². The van der Waals surface area contributed by atoms with E-state index < -0.39 is 0 Å². The monoisotopic (exact) mass is 392 g/mol. The third-order valence-corrected chi connectivity index (χ3v) is 6.46. The van der Waals surface area contributed by atoms with Crippen molar-refractivity contribution in [1.82, 2.24) is 19.7 Å². The molecule has 0 unspecified atom stereocenters. The molecule has 8 heteroatoms. The Balaban J connectivity index is 1.41. The molecule has 0 radical (unpaired) electrons. The molecule has 6 nitrogen and oxygen atoms in total. The second-order valence-electron chi connectivity index (χ2n) is 7.10. The van der Waals surface area contributed by atoms with Crippen molar-refractivity contribution in [2.45, 2.75) is 56.5 Å². The number of thiophene rings is 1. The Morgan fingerprint density at radius 2 is 2.08 bits per heavy atom. The topological polar surface area (TPSA) is 60.2 Å². The van der Waals surface area contributed by atoms with Crippen LogP contribution >= 0.6 is 23.1 Å². The summed E-state index contributed by atoms with van der Waals surface area (Å²) < 4.78 is 7.97. The van der Waals surface area contributed by atoms with Crippen LogP contribution in [0.5, 0.6) is 0 Å². The van der Waals surface area contributed by atoms with Crippen LogP contribution in [0.1, 0.15) is 43.4 Å². The van der Waals surface area contributed by atoms with Gasteiger partial charge in [0.05, 0.1) is 18.0 Å². The van der Waals surface area contributed by atoms with Crippen LogP contribution in [0.15, 0.2) is 22.7 Å². The Morgan fingerprint density at radius 1 is 1.31 bits per heavy atom. The minimum absolute atomic E-state index is 0.0974. The van der Waals surface area contributed by atoms with Gasteiger partial charge in [0.15, 0.2) is 5.16 Å². The number of carbonyl (C=O) groups excluding carboxylic acids is 1. The lowest BCUT2D eigenvalue weighted by Gasteiger charge is -2.35. The Morgan fingerprint density at radius 3 is 2.73 bits per heavy atom. The van der Waals surface area contributed by atoms with Gasteiger partial charge in [0.25, 0.3) is 0 Å². The molecule has 3 heterocycles. The van der Waals surface area contributed by atoms with Crippen molar-refractivity contribution in [2.24, 2.45) is 0 Å². The molecule has 26 heavy (non-hydrogen) atoms. The molecule has 0 bridgehead atoms. The first-order valence-electron chi connectivity index (χ1n) is 9.12. The average molecular weight is 393 g/mol. The van der Waals surface area contributed by atoms with Gasteiger partial charge in [0.2, 0.25) is 5.91 Å². The third kappa shape index (κ3) is 4.13. The molecular weight excluding hydrogens is 368 g/mol. The summed E-state index contributed by atoms with van der Waals surface area (Å²) in [5.41, 5.74) is 0. The summed E-state index contributed by atoms with van der Waals surface area (Å²) in [6.45, 7) is 5.37. The fourth-order valence-electron chi connectivity index (χ4n) is 3.39. The number of morpholine rings is 1. The number of nitrogens with zero attached hydrogens (tertiary/aromatic N) is 4. The molecular formula is C18H24N4O2S2. The maximum Gasteiger partial charge on any atom is 0.233 e. The molecule has 1 saturated carbocycles. The Kier molecular flexibility index (Phi) is 5.33. The van der Waals surface area contributed by atoms with Gasteiger partial charge in [-0.2, -0.15) is 0 Å². The van der Waals surface area contributed by atoms with E-state index in [4.69, 9.17) is 4.74 Å². The molecule has 0 spiro atoms. The van der Waals surface area contributed by atoms with Crippen molar-refractivity contribution in [3.05, 3.63) is 28.2 Å². The number of hydrogen-bond donors (Lipinski definition) is 0. The Hall–Kier alpha value is -1.38. The normalized spacial score (nSPS) is 23.4. The van der Waals surface area contributed by atoms with Gasteiger partial charge >= 0.3 is 0 Å². The van der Waals surface area contributed by atoms with Crippen molar-refractivity contribution in [2.75, 3.05) is 18.8 Å². The zero-order valence-electron chi connectivity index (χ0n) is 15.1. The van der Waals surface area contributed by atoms with E-state index in [-0.39, 0.29) is 18.1 Å². The van der Waals surface area contributed by atoms with Crippen molar-refractivity contribution in [3.63, 3.8) is 0 Å². The van der Waals surface area contributed by atoms with Gasteiger partial charge in [-0.05, 0) is 38.1 Å². The molecule has 4 rings (SSSR count). The van der Waals surface area contributed by atoms with Gasteiger partial charge < -0.3 is 14.2 Å². The van der Waals surface area contributed by atoms with E-state index in [1.807, 2.05) is 18.7 Å². The van der Waals surface area contributed by atoms with E-state index in [1.165, 1.54) is 29.5 Å². The molecule has 1 aliphatic carbocycles. The van der Waals surface area contributed by atoms with E-state index in [2.05, 4.69) is 32.3 Å². The second kappa shape index (κ2) is 7.70. The third-order valence-electron chi connectivity index (χ3n) is 4.66. The van der Waals surface area contributed by atoms with E-state index in [9.17, 15) is 4.79 Å². The zero-order chi connectivity index (χ0) is 18.1. The highest BCUT2D eigenvalue weighted by Crippen LogP contribution is 2.39. The van der Waals surface area contributed by atoms with Crippen LogP contribution < -0.4 is 0 Å². The molecule has 2 aromatic heterocycles. The minimum Gasteiger partial charge on any atom is -0.372 e. The van der Waals surface area contributed by atoms with E-state index in [0.29, 0.717) is 24.9 Å². The van der Waals surface area contributed by atoms with Crippen molar-refractivity contribution >= 4 is 29.0 Å². The highest BCUT2D eigenvalue weighted by molar-refractivity contribution is 7.99. The largest absolute Gasteiger partial charge is 0.372 e. The maximum atomic E-state index is 12.6. The Bertz CT molecular complexity index is 747. The lowest BCUT2D eigenvalue weighted by molar-refractivity contribution is -0.140. The van der Waals surface area contributed by atoms with E-state index in [0.717, 1.165) is 17.4 Å². The highest BCUT2D eigenvalue weighted by atomic mass is 32.2. The van der Waals surface area contributed by atoms with Crippen LogP contribution in [0.2, 0.25) is 0 Å². The van der Waals surface area contributed by atoms with Crippen LogP contribution in [0.4, 0.5) is 0 Å². The summed E-state index contributed by atoms with van der Waals surface area (Å²) in [5, 5.41) is 11.8. The molecule has 140 valence electrons. The summed E-state index contributed by atoms with van der Waals surface area (Å²) in [5.74, 6) is 1.57. The van der Waals surface area contributed by atoms with Crippen molar-refractivity contribution in [1.29, 1.82) is 0 Å². The van der Waals surface area contributed by atoms with E-state index >= 15 is 0 Å². The lowest BCUT2D eigenvalue weighted by Crippen LogP contribution is -2.48. The molecule has 2 aliphatic rings. The molecule has 1 aliphatic heterocycles. The minimum atomic E-state index is 0.0974. The summed E-state index contributed by atoms with van der Waals surface area (Å²) in [6, 6.07) is 4.70. The smallest absolute Gasteiger partial charge is 0.233 e. The standard InChI is InChI=1S/C18H24N4O2S2/c1-12-9-21(10-13(2)24-12)17(23)11-26-18-20-19-16(22(18)14-5-6-14)8-15-4-3-7-25-15/h3-4,7,12-14H,5-6,8-11H2,1-2H3/t12-,13-/m1/s1. The van der Waals surface area contributed by atoms with Crippen LogP contribution in [-0.2, 0) is 16.0 Å². The molecule has 1 saturated heterocycles. The summed E-state index contributed by atoms with van der Waals surface area (Å²) >= 11 is 3.26. The van der Waals surface area contributed by atoms with Crippen molar-refractivity contribution < 1.29 is 9.53 Å². The Labute approximate surface area is 161 Å². The fraction of sp³-hybridized carbons (Fsp3) is 0.611. The first-order chi connectivity index (χ1) is 12.6. The fourth-order valence-corrected chi connectivity index (χ4v) is 5.02. The predicted molar refractivity (Wildman–Crippen MR) is 103 cm³/mol.